The molecule has 0 bridgehead atoms. The Morgan fingerprint density at radius 1 is 0.905 bits per heavy atom. The molecule has 42 heavy (non-hydrogen) atoms. The molecule has 0 aliphatic heterocycles. The number of benzene rings is 3. The Balaban J connectivity index is 0.000000203. The van der Waals surface area contributed by atoms with Crippen LogP contribution < -0.4 is 0 Å². The number of aliphatic hydroxyl groups excluding tert-OH is 1. The Hall–Kier alpha value is -2.75. The molecular weight excluding hydrogens is 766 g/mol. The van der Waals surface area contributed by atoms with E-state index < -0.39 is 0 Å². The number of allylic oxidation sites excluding steroid dienone is 2. The predicted molar refractivity (Wildman–Crippen MR) is 173 cm³/mol. The SMILES string of the molecule is CCC(C)(CC)C(=O)/C=C(\O)C(C)(CC)CC.[Ir].[c-]1c2ccccc2cc2[se]c3cccc4oc5ccnc(c12)c5c43. The van der Waals surface area contributed by atoms with Crippen molar-refractivity contribution in [2.75, 3.05) is 0 Å². The number of fused-ring (bicyclic) bond motifs is 3. The quantitative estimate of drug-likeness (QED) is 0.0756. The number of aromatic nitrogens is 1. The Morgan fingerprint density at radius 3 is 2.26 bits per heavy atom. The van der Waals surface area contributed by atoms with Gasteiger partial charge in [-0.3, -0.25) is 4.79 Å². The van der Waals surface area contributed by atoms with E-state index in [0.29, 0.717) is 0 Å². The van der Waals surface area contributed by atoms with Crippen molar-refractivity contribution in [1.82, 2.24) is 4.98 Å². The second-order valence-corrected chi connectivity index (χ2v) is 13.7. The standard InChI is InChI=1S/C21H10NOSe.C15H28O2.Ir/c1-2-5-13-11-18-14(10-12(13)4-1)21-20-16(8-9-22-21)23-15-6-3-7-17(24-18)19(15)20;1-7-14(5,8-2)12(16)11-13(17)15(6,9-3)10-4;/h1-9,11H;11,16H,7-10H2,1-6H3;/q-1;;/b;12-11-;. The number of aliphatic hydroxyl groups is 1. The molecule has 221 valence electrons. The van der Waals surface area contributed by atoms with E-state index in [1.54, 1.807) is 0 Å². The van der Waals surface area contributed by atoms with Crippen LogP contribution in [-0.2, 0) is 24.9 Å². The van der Waals surface area contributed by atoms with Crippen LogP contribution in [0.2, 0.25) is 0 Å². The summed E-state index contributed by atoms with van der Waals surface area (Å²) in [5.41, 5.74) is 2.26. The van der Waals surface area contributed by atoms with Crippen molar-refractivity contribution in [2.24, 2.45) is 10.8 Å². The summed E-state index contributed by atoms with van der Waals surface area (Å²) < 4.78 is 8.76. The summed E-state index contributed by atoms with van der Waals surface area (Å²) >= 11 is 0.201. The van der Waals surface area contributed by atoms with Crippen LogP contribution >= 0.6 is 0 Å². The molecule has 0 saturated heterocycles. The van der Waals surface area contributed by atoms with Gasteiger partial charge >= 0.3 is 143 Å². The topological polar surface area (TPSA) is 63.3 Å². The fourth-order valence-electron chi connectivity index (χ4n) is 5.21. The first kappa shape index (κ1) is 32.2. The molecule has 0 atom stereocenters. The molecule has 4 nitrogen and oxygen atoms in total. The zero-order chi connectivity index (χ0) is 29.4. The summed E-state index contributed by atoms with van der Waals surface area (Å²) in [6.07, 6.45) is 6.59. The molecule has 3 aromatic heterocycles. The molecule has 0 fully saturated rings. The van der Waals surface area contributed by atoms with E-state index >= 15 is 0 Å². The first-order chi connectivity index (χ1) is 19.7. The fraction of sp³-hybridized carbons (Fsp3) is 0.333. The van der Waals surface area contributed by atoms with Crippen molar-refractivity contribution < 1.29 is 34.4 Å². The van der Waals surface area contributed by atoms with E-state index in [1.807, 2.05) is 53.8 Å². The van der Waals surface area contributed by atoms with Gasteiger partial charge in [0, 0.05) is 37.0 Å². The predicted octanol–water partition coefficient (Wildman–Crippen LogP) is 9.95. The second-order valence-electron chi connectivity index (χ2n) is 11.4. The molecule has 0 aliphatic carbocycles. The fourth-order valence-corrected chi connectivity index (χ4v) is 7.57. The molecule has 0 spiro atoms. The van der Waals surface area contributed by atoms with Gasteiger partial charge in [-0.25, -0.2) is 0 Å². The van der Waals surface area contributed by atoms with Gasteiger partial charge in [0.15, 0.2) is 5.78 Å². The number of furan rings is 1. The van der Waals surface area contributed by atoms with Crippen molar-refractivity contribution in [3.8, 4) is 0 Å². The third-order valence-corrected chi connectivity index (χ3v) is 11.5. The van der Waals surface area contributed by atoms with Gasteiger partial charge in [-0.15, -0.1) is 0 Å². The van der Waals surface area contributed by atoms with Crippen LogP contribution in [0.25, 0.3) is 52.1 Å². The van der Waals surface area contributed by atoms with Crippen LogP contribution in [0.4, 0.5) is 0 Å². The molecule has 6 rings (SSSR count). The van der Waals surface area contributed by atoms with Gasteiger partial charge in [0.25, 0.3) is 0 Å². The number of carbonyl (C=O) groups is 1. The summed E-state index contributed by atoms with van der Waals surface area (Å²) in [6, 6.07) is 22.7. The minimum absolute atomic E-state index is 0. The Labute approximate surface area is 267 Å². The number of rotatable bonds is 7. The first-order valence-corrected chi connectivity index (χ1v) is 16.3. The number of hydrogen-bond acceptors (Lipinski definition) is 4. The second kappa shape index (κ2) is 12.9. The number of hydrogen-bond donors (Lipinski definition) is 1. The monoisotopic (exact) mass is 805 g/mol. The van der Waals surface area contributed by atoms with Crippen LogP contribution in [-0.4, -0.2) is 30.4 Å². The van der Waals surface area contributed by atoms with E-state index in [0.717, 1.165) is 58.5 Å². The molecule has 3 heterocycles. The van der Waals surface area contributed by atoms with Crippen LogP contribution in [0.3, 0.4) is 0 Å². The van der Waals surface area contributed by atoms with Gasteiger partial charge in [-0.05, 0) is 25.7 Å². The molecule has 1 N–H and O–H groups in total. The molecule has 6 aromatic rings. The Morgan fingerprint density at radius 2 is 1.57 bits per heavy atom. The molecular formula is C36H38IrNO3Se-. The molecule has 3 aromatic carbocycles. The van der Waals surface area contributed by atoms with Gasteiger partial charge in [0.05, 0.1) is 0 Å². The molecule has 0 saturated carbocycles. The summed E-state index contributed by atoms with van der Waals surface area (Å²) in [5.74, 6) is 0.286. The summed E-state index contributed by atoms with van der Waals surface area (Å²) in [7, 11) is 0. The van der Waals surface area contributed by atoms with Gasteiger partial charge in [-0.1, -0.05) is 41.5 Å². The van der Waals surface area contributed by atoms with E-state index in [4.69, 9.17) is 9.40 Å². The molecule has 0 unspecified atom stereocenters. The number of carbonyl (C=O) groups excluding carboxylic acids is 1. The van der Waals surface area contributed by atoms with E-state index in [-0.39, 0.29) is 57.0 Å². The Kier molecular flexibility index (Phi) is 9.85. The molecule has 0 aliphatic rings. The van der Waals surface area contributed by atoms with Crippen LogP contribution in [0.1, 0.15) is 67.2 Å². The summed E-state index contributed by atoms with van der Waals surface area (Å²) in [5, 5.41) is 16.0. The van der Waals surface area contributed by atoms with Gasteiger partial charge in [0.2, 0.25) is 0 Å². The van der Waals surface area contributed by atoms with Crippen molar-refractivity contribution in [3.63, 3.8) is 0 Å². The van der Waals surface area contributed by atoms with Gasteiger partial charge < -0.3 is 5.11 Å². The van der Waals surface area contributed by atoms with Crippen LogP contribution in [0.5, 0.6) is 0 Å². The third kappa shape index (κ3) is 5.75. The maximum atomic E-state index is 12.2. The van der Waals surface area contributed by atoms with Crippen LogP contribution in [0, 0.1) is 16.9 Å². The minimum atomic E-state index is -0.337. The van der Waals surface area contributed by atoms with E-state index in [9.17, 15) is 9.90 Å². The average Bonchev–Trinajstić information content (AvgIpc) is 3.33. The van der Waals surface area contributed by atoms with Gasteiger partial charge in [0.1, 0.15) is 5.76 Å². The van der Waals surface area contributed by atoms with E-state index in [2.05, 4.69) is 54.6 Å². The van der Waals surface area contributed by atoms with Crippen molar-refractivity contribution in [1.29, 1.82) is 0 Å². The van der Waals surface area contributed by atoms with Gasteiger partial charge in [-0.2, -0.15) is 0 Å². The van der Waals surface area contributed by atoms with E-state index in [1.165, 1.54) is 25.4 Å². The number of pyridine rings is 1. The molecule has 1 radical (unpaired) electrons. The summed E-state index contributed by atoms with van der Waals surface area (Å²) in [6.45, 7) is 12.1. The zero-order valence-electron chi connectivity index (χ0n) is 25.1. The molecule has 6 heteroatoms. The van der Waals surface area contributed by atoms with Crippen molar-refractivity contribution in [3.05, 3.63) is 78.7 Å². The van der Waals surface area contributed by atoms with Crippen LogP contribution in [0.15, 0.2) is 77.0 Å². The third-order valence-electron chi connectivity index (χ3n) is 9.18. The van der Waals surface area contributed by atoms with Crippen molar-refractivity contribution in [2.45, 2.75) is 67.2 Å². The molecule has 0 amide bonds. The first-order valence-electron chi connectivity index (χ1n) is 14.6. The Bertz CT molecular complexity index is 1910. The number of ketones is 1. The average molecular weight is 804 g/mol. The van der Waals surface area contributed by atoms with Crippen molar-refractivity contribution >= 4 is 72.4 Å². The number of nitrogens with zero attached hydrogens (tertiary/aromatic N) is 1. The normalized spacial score (nSPS) is 12.6. The maximum absolute atomic E-state index is 12.2. The summed E-state index contributed by atoms with van der Waals surface area (Å²) in [4.78, 5) is 16.9. The zero-order valence-corrected chi connectivity index (χ0v) is 29.2.